The molecule has 0 unspecified atom stereocenters. The highest BCUT2D eigenvalue weighted by atomic mass is 35.5. The number of benzene rings is 2. The van der Waals surface area contributed by atoms with Gasteiger partial charge in [-0.1, -0.05) is 11.6 Å². The fraction of sp³-hybridized carbons (Fsp3) is 0. The van der Waals surface area contributed by atoms with Gasteiger partial charge < -0.3 is 9.15 Å². The molecule has 0 aliphatic rings. The Morgan fingerprint density at radius 2 is 2.10 bits per heavy atom. The molecule has 0 atom stereocenters. The Morgan fingerprint density at radius 1 is 1.24 bits per heavy atom. The number of ether oxygens (including phenoxy) is 1. The zero-order chi connectivity index (χ0) is 14.8. The molecule has 3 rings (SSSR count). The van der Waals surface area contributed by atoms with Crippen molar-refractivity contribution < 1.29 is 13.9 Å². The summed E-state index contributed by atoms with van der Waals surface area (Å²) in [7, 11) is 0. The Morgan fingerprint density at radius 3 is 2.81 bits per heavy atom. The van der Waals surface area contributed by atoms with Gasteiger partial charge in [-0.2, -0.15) is 5.26 Å². The number of hydrogen-bond donors (Lipinski definition) is 0. The van der Waals surface area contributed by atoms with E-state index in [1.54, 1.807) is 36.4 Å². The minimum absolute atomic E-state index is 0.301. The molecule has 21 heavy (non-hydrogen) atoms. The molecule has 1 heterocycles. The van der Waals surface area contributed by atoms with Crippen molar-refractivity contribution in [1.82, 2.24) is 0 Å². The van der Waals surface area contributed by atoms with Gasteiger partial charge >= 0.3 is 0 Å². The molecule has 0 saturated carbocycles. The Bertz CT molecular complexity index is 877. The van der Waals surface area contributed by atoms with Crippen molar-refractivity contribution in [2.24, 2.45) is 0 Å². The number of carbonyl (C=O) groups excluding carboxylic acids is 1. The van der Waals surface area contributed by atoms with E-state index in [1.165, 1.54) is 6.26 Å². The summed E-state index contributed by atoms with van der Waals surface area (Å²) in [6.45, 7) is 0. The van der Waals surface area contributed by atoms with Gasteiger partial charge in [-0.15, -0.1) is 0 Å². The summed E-state index contributed by atoms with van der Waals surface area (Å²) in [5, 5.41) is 10.1. The predicted octanol–water partition coefficient (Wildman–Crippen LogP) is 4.56. The van der Waals surface area contributed by atoms with Gasteiger partial charge in [0.15, 0.2) is 17.6 Å². The van der Waals surface area contributed by atoms with E-state index in [9.17, 15) is 4.79 Å². The Kier molecular flexibility index (Phi) is 3.35. The molecule has 2 aromatic carbocycles. The first kappa shape index (κ1) is 13.2. The van der Waals surface area contributed by atoms with E-state index in [0.717, 1.165) is 5.39 Å². The van der Waals surface area contributed by atoms with Crippen LogP contribution in [0, 0.1) is 11.3 Å². The smallest absolute Gasteiger partial charge is 0.176 e. The fourth-order valence-corrected chi connectivity index (χ4v) is 2.20. The quantitative estimate of drug-likeness (QED) is 0.665. The monoisotopic (exact) mass is 297 g/mol. The second-order valence-electron chi connectivity index (χ2n) is 4.33. The molecule has 0 spiro atoms. The third kappa shape index (κ3) is 2.47. The molecule has 1 aromatic heterocycles. The number of furan rings is 1. The number of nitriles is 1. The number of carbonyl (C=O) groups is 1. The molecule has 0 aliphatic carbocycles. The maximum atomic E-state index is 10.7. The van der Waals surface area contributed by atoms with Gasteiger partial charge in [0.25, 0.3) is 0 Å². The van der Waals surface area contributed by atoms with Crippen LogP contribution in [0.4, 0.5) is 0 Å². The first-order valence-corrected chi connectivity index (χ1v) is 6.43. The van der Waals surface area contributed by atoms with Crippen molar-refractivity contribution >= 4 is 28.9 Å². The standard InChI is InChI=1S/C16H8ClNO3/c17-14-7-13(2-1-12(14)9-19)21-15-6-10(8-18)5-11-3-4-20-16(11)15/h1-7,9H. The predicted molar refractivity (Wildman–Crippen MR) is 77.8 cm³/mol. The molecule has 0 saturated heterocycles. The maximum absolute atomic E-state index is 10.7. The van der Waals surface area contributed by atoms with Crippen molar-refractivity contribution in [3.63, 3.8) is 0 Å². The number of aldehydes is 1. The molecule has 0 aliphatic heterocycles. The highest BCUT2D eigenvalue weighted by Crippen LogP contribution is 2.33. The highest BCUT2D eigenvalue weighted by molar-refractivity contribution is 6.33. The van der Waals surface area contributed by atoms with Crippen LogP contribution >= 0.6 is 11.6 Å². The molecule has 3 aromatic rings. The molecule has 0 radical (unpaired) electrons. The van der Waals surface area contributed by atoms with Crippen LogP contribution in [0.5, 0.6) is 11.5 Å². The average molecular weight is 298 g/mol. The van der Waals surface area contributed by atoms with E-state index < -0.39 is 0 Å². The summed E-state index contributed by atoms with van der Waals surface area (Å²) in [4.78, 5) is 10.7. The summed E-state index contributed by atoms with van der Waals surface area (Å²) >= 11 is 5.96. The van der Waals surface area contributed by atoms with Gasteiger partial charge in [-0.05, 0) is 24.3 Å². The van der Waals surface area contributed by atoms with Crippen LogP contribution in [0.3, 0.4) is 0 Å². The molecule has 4 nitrogen and oxygen atoms in total. The van der Waals surface area contributed by atoms with Crippen LogP contribution in [-0.2, 0) is 0 Å². The lowest BCUT2D eigenvalue weighted by molar-refractivity contribution is 0.112. The summed E-state index contributed by atoms with van der Waals surface area (Å²) in [5.41, 5.74) is 1.40. The van der Waals surface area contributed by atoms with Gasteiger partial charge in [0.1, 0.15) is 5.75 Å². The molecular weight excluding hydrogens is 290 g/mol. The third-order valence-electron chi connectivity index (χ3n) is 2.97. The largest absolute Gasteiger partial charge is 0.460 e. The SMILES string of the molecule is N#Cc1cc(Oc2ccc(C=O)c(Cl)c2)c2occc2c1. The van der Waals surface area contributed by atoms with Crippen LogP contribution < -0.4 is 4.74 Å². The van der Waals surface area contributed by atoms with Crippen LogP contribution in [0.15, 0.2) is 47.1 Å². The van der Waals surface area contributed by atoms with Crippen LogP contribution in [-0.4, -0.2) is 6.29 Å². The topological polar surface area (TPSA) is 63.2 Å². The molecule has 0 bridgehead atoms. The van der Waals surface area contributed by atoms with Crippen molar-refractivity contribution in [3.05, 3.63) is 58.8 Å². The number of hydrogen-bond acceptors (Lipinski definition) is 4. The lowest BCUT2D eigenvalue weighted by Crippen LogP contribution is -1.88. The lowest BCUT2D eigenvalue weighted by Gasteiger charge is -2.07. The second kappa shape index (κ2) is 5.31. The van der Waals surface area contributed by atoms with Gasteiger partial charge in [0.05, 0.1) is 22.9 Å². The van der Waals surface area contributed by atoms with E-state index in [-0.39, 0.29) is 0 Å². The normalized spacial score (nSPS) is 10.3. The fourth-order valence-electron chi connectivity index (χ4n) is 1.98. The minimum atomic E-state index is 0.301. The van der Waals surface area contributed by atoms with E-state index >= 15 is 0 Å². The van der Waals surface area contributed by atoms with Gasteiger partial charge in [0.2, 0.25) is 0 Å². The maximum Gasteiger partial charge on any atom is 0.176 e. The molecular formula is C16H8ClNO3. The Balaban J connectivity index is 2.05. The molecule has 0 N–H and O–H groups in total. The zero-order valence-corrected chi connectivity index (χ0v) is 11.4. The average Bonchev–Trinajstić information content (AvgIpc) is 2.96. The minimum Gasteiger partial charge on any atom is -0.460 e. The van der Waals surface area contributed by atoms with E-state index in [2.05, 4.69) is 6.07 Å². The molecule has 0 fully saturated rings. The molecule has 102 valence electrons. The van der Waals surface area contributed by atoms with Crippen LogP contribution in [0.25, 0.3) is 11.0 Å². The Labute approximate surface area is 125 Å². The molecule has 0 amide bonds. The van der Waals surface area contributed by atoms with Crippen molar-refractivity contribution in [3.8, 4) is 17.6 Å². The third-order valence-corrected chi connectivity index (χ3v) is 3.30. The number of nitrogens with zero attached hydrogens (tertiary/aromatic N) is 1. The summed E-state index contributed by atoms with van der Waals surface area (Å²) in [6.07, 6.45) is 2.20. The number of fused-ring (bicyclic) bond motifs is 1. The zero-order valence-electron chi connectivity index (χ0n) is 10.7. The van der Waals surface area contributed by atoms with Crippen molar-refractivity contribution in [2.45, 2.75) is 0 Å². The van der Waals surface area contributed by atoms with Crippen molar-refractivity contribution in [2.75, 3.05) is 0 Å². The number of rotatable bonds is 3. The van der Waals surface area contributed by atoms with E-state index in [1.807, 2.05) is 0 Å². The summed E-state index contributed by atoms with van der Waals surface area (Å²) in [6, 6.07) is 11.9. The highest BCUT2D eigenvalue weighted by Gasteiger charge is 2.10. The van der Waals surface area contributed by atoms with Crippen LogP contribution in [0.2, 0.25) is 5.02 Å². The first-order valence-electron chi connectivity index (χ1n) is 6.05. The van der Waals surface area contributed by atoms with Crippen molar-refractivity contribution in [1.29, 1.82) is 5.26 Å². The number of halogens is 1. The van der Waals surface area contributed by atoms with E-state index in [4.69, 9.17) is 26.0 Å². The second-order valence-corrected chi connectivity index (χ2v) is 4.74. The van der Waals surface area contributed by atoms with Gasteiger partial charge in [-0.3, -0.25) is 4.79 Å². The van der Waals surface area contributed by atoms with Gasteiger partial charge in [-0.25, -0.2) is 0 Å². The lowest BCUT2D eigenvalue weighted by atomic mass is 10.1. The van der Waals surface area contributed by atoms with Gasteiger partial charge in [0, 0.05) is 23.1 Å². The summed E-state index contributed by atoms with van der Waals surface area (Å²) in [5.74, 6) is 0.877. The summed E-state index contributed by atoms with van der Waals surface area (Å²) < 4.78 is 11.1. The molecule has 5 heteroatoms. The van der Waals surface area contributed by atoms with Crippen LogP contribution in [0.1, 0.15) is 15.9 Å². The Hall–Kier alpha value is -2.77. The first-order chi connectivity index (χ1) is 10.2. The van der Waals surface area contributed by atoms with E-state index in [0.29, 0.717) is 39.5 Å².